The highest BCUT2D eigenvalue weighted by molar-refractivity contribution is 5.87. The van der Waals surface area contributed by atoms with E-state index in [1.165, 1.54) is 0 Å². The first kappa shape index (κ1) is 11.8. The molecule has 1 aliphatic heterocycles. The Labute approximate surface area is 89.6 Å². The van der Waals surface area contributed by atoms with Crippen LogP contribution in [-0.2, 0) is 9.53 Å². The maximum Gasteiger partial charge on any atom is 0.408 e. The van der Waals surface area contributed by atoms with Crippen LogP contribution < -0.4 is 10.6 Å². The minimum absolute atomic E-state index is 0.109. The van der Waals surface area contributed by atoms with Crippen LogP contribution in [0, 0.1) is 0 Å². The molecule has 0 spiro atoms. The van der Waals surface area contributed by atoms with E-state index in [2.05, 4.69) is 10.6 Å². The van der Waals surface area contributed by atoms with E-state index in [4.69, 9.17) is 4.74 Å². The summed E-state index contributed by atoms with van der Waals surface area (Å²) in [6.07, 6.45) is 0.0645. The number of hydrogen-bond acceptors (Lipinski definition) is 3. The molecule has 1 fully saturated rings. The Kier molecular flexibility index (Phi) is 3.21. The molecule has 5 nitrogen and oxygen atoms in total. The molecular weight excluding hydrogens is 196 g/mol. The normalized spacial score (nSPS) is 26.0. The Morgan fingerprint density at radius 1 is 1.53 bits per heavy atom. The molecule has 0 bridgehead atoms. The van der Waals surface area contributed by atoms with Crippen molar-refractivity contribution in [1.29, 1.82) is 0 Å². The van der Waals surface area contributed by atoms with Gasteiger partial charge >= 0.3 is 6.09 Å². The van der Waals surface area contributed by atoms with Crippen LogP contribution >= 0.6 is 0 Å². The minimum Gasteiger partial charge on any atom is -0.444 e. The van der Waals surface area contributed by atoms with Crippen molar-refractivity contribution in [2.45, 2.75) is 51.8 Å². The highest BCUT2D eigenvalue weighted by Gasteiger charge is 2.31. The number of alkyl carbamates (subject to hydrolysis) is 1. The fraction of sp³-hybridized carbons (Fsp3) is 0.800. The molecule has 1 saturated heterocycles. The topological polar surface area (TPSA) is 67.4 Å². The third-order valence-corrected chi connectivity index (χ3v) is 1.99. The van der Waals surface area contributed by atoms with Gasteiger partial charge in [-0.2, -0.15) is 0 Å². The van der Waals surface area contributed by atoms with Crippen molar-refractivity contribution in [1.82, 2.24) is 10.6 Å². The molecule has 1 heterocycles. The van der Waals surface area contributed by atoms with Crippen LogP contribution in [0.1, 0.15) is 34.1 Å². The minimum atomic E-state index is -0.545. The lowest BCUT2D eigenvalue weighted by molar-refractivity contribution is -0.121. The number of carbonyl (C=O) groups is 2. The van der Waals surface area contributed by atoms with E-state index in [1.807, 2.05) is 6.92 Å². The predicted octanol–water partition coefficient (Wildman–Crippen LogP) is 0.788. The van der Waals surface area contributed by atoms with Gasteiger partial charge in [-0.1, -0.05) is 0 Å². The average Bonchev–Trinajstić information content (AvgIpc) is 2.25. The van der Waals surface area contributed by atoms with Crippen molar-refractivity contribution in [3.05, 3.63) is 0 Å². The maximum atomic E-state index is 11.4. The molecular formula is C10H18N2O3. The molecule has 2 N–H and O–H groups in total. The average molecular weight is 214 g/mol. The van der Waals surface area contributed by atoms with Gasteiger partial charge in [0.2, 0.25) is 5.91 Å². The van der Waals surface area contributed by atoms with Crippen molar-refractivity contribution in [2.24, 2.45) is 0 Å². The number of amides is 2. The SMILES string of the molecule is C[C@H]1C[C@@H](NC(=O)OC(C)(C)C)C(=O)N1. The Morgan fingerprint density at radius 3 is 2.53 bits per heavy atom. The predicted molar refractivity (Wildman–Crippen MR) is 55.4 cm³/mol. The van der Waals surface area contributed by atoms with E-state index < -0.39 is 17.7 Å². The molecule has 0 saturated carbocycles. The Morgan fingerprint density at radius 2 is 2.13 bits per heavy atom. The van der Waals surface area contributed by atoms with Gasteiger partial charge in [0, 0.05) is 6.04 Å². The lowest BCUT2D eigenvalue weighted by atomic mass is 10.2. The second-order valence-electron chi connectivity index (χ2n) is 4.84. The van der Waals surface area contributed by atoms with Crippen LogP contribution in [0.3, 0.4) is 0 Å². The molecule has 86 valence electrons. The maximum absolute atomic E-state index is 11.4. The summed E-state index contributed by atoms with van der Waals surface area (Å²) >= 11 is 0. The lowest BCUT2D eigenvalue weighted by Gasteiger charge is -2.20. The zero-order chi connectivity index (χ0) is 11.6. The molecule has 0 radical (unpaired) electrons. The van der Waals surface area contributed by atoms with Crippen molar-refractivity contribution in [3.63, 3.8) is 0 Å². The van der Waals surface area contributed by atoms with Gasteiger partial charge in [-0.05, 0) is 34.1 Å². The zero-order valence-electron chi connectivity index (χ0n) is 9.59. The Bertz CT molecular complexity index is 270. The summed E-state index contributed by atoms with van der Waals surface area (Å²) in [5, 5.41) is 5.27. The van der Waals surface area contributed by atoms with Crippen LogP contribution in [0.25, 0.3) is 0 Å². The third-order valence-electron chi connectivity index (χ3n) is 1.99. The molecule has 0 aromatic rings. The zero-order valence-corrected chi connectivity index (χ0v) is 9.59. The van der Waals surface area contributed by atoms with Crippen LogP contribution in [-0.4, -0.2) is 29.7 Å². The Hall–Kier alpha value is -1.26. The molecule has 5 heteroatoms. The van der Waals surface area contributed by atoms with E-state index >= 15 is 0 Å². The van der Waals surface area contributed by atoms with Gasteiger partial charge < -0.3 is 15.4 Å². The molecule has 0 unspecified atom stereocenters. The van der Waals surface area contributed by atoms with Crippen LogP contribution in [0.15, 0.2) is 0 Å². The van der Waals surface area contributed by atoms with E-state index in [9.17, 15) is 9.59 Å². The highest BCUT2D eigenvalue weighted by atomic mass is 16.6. The van der Waals surface area contributed by atoms with E-state index in [-0.39, 0.29) is 11.9 Å². The number of hydrogen-bond donors (Lipinski definition) is 2. The first-order valence-electron chi connectivity index (χ1n) is 5.08. The van der Waals surface area contributed by atoms with E-state index in [0.717, 1.165) is 0 Å². The molecule has 1 aliphatic rings. The summed E-state index contributed by atoms with van der Waals surface area (Å²) < 4.78 is 5.05. The summed E-state index contributed by atoms with van der Waals surface area (Å²) in [6.45, 7) is 7.24. The van der Waals surface area contributed by atoms with Crippen LogP contribution in [0.2, 0.25) is 0 Å². The molecule has 1 rings (SSSR count). The first-order valence-corrected chi connectivity index (χ1v) is 5.08. The monoisotopic (exact) mass is 214 g/mol. The standard InChI is InChI=1S/C10H18N2O3/c1-6-5-7(8(13)11-6)12-9(14)15-10(2,3)4/h6-7H,5H2,1-4H3,(H,11,13)(H,12,14)/t6-,7+/m0/s1. The highest BCUT2D eigenvalue weighted by Crippen LogP contribution is 2.10. The molecule has 2 amide bonds. The fourth-order valence-electron chi connectivity index (χ4n) is 1.44. The van der Waals surface area contributed by atoms with Gasteiger partial charge in [-0.15, -0.1) is 0 Å². The van der Waals surface area contributed by atoms with E-state index in [0.29, 0.717) is 6.42 Å². The van der Waals surface area contributed by atoms with Crippen LogP contribution in [0.5, 0.6) is 0 Å². The largest absolute Gasteiger partial charge is 0.444 e. The van der Waals surface area contributed by atoms with Gasteiger partial charge in [0.25, 0.3) is 0 Å². The quantitative estimate of drug-likeness (QED) is 0.678. The van der Waals surface area contributed by atoms with Gasteiger partial charge in [-0.3, -0.25) is 4.79 Å². The summed E-state index contributed by atoms with van der Waals surface area (Å²) in [5.41, 5.74) is -0.537. The second-order valence-corrected chi connectivity index (χ2v) is 4.84. The van der Waals surface area contributed by atoms with Crippen molar-refractivity contribution < 1.29 is 14.3 Å². The van der Waals surface area contributed by atoms with Gasteiger partial charge in [0.1, 0.15) is 11.6 Å². The number of nitrogens with one attached hydrogen (secondary N) is 2. The summed E-state index contributed by atoms with van der Waals surface area (Å²) in [4.78, 5) is 22.7. The smallest absolute Gasteiger partial charge is 0.408 e. The summed E-state index contributed by atoms with van der Waals surface area (Å²) in [5.74, 6) is -0.145. The van der Waals surface area contributed by atoms with Crippen molar-refractivity contribution in [2.75, 3.05) is 0 Å². The number of ether oxygens (including phenoxy) is 1. The summed E-state index contributed by atoms with van der Waals surface area (Å²) in [7, 11) is 0. The van der Waals surface area contributed by atoms with E-state index in [1.54, 1.807) is 20.8 Å². The molecule has 0 aromatic carbocycles. The molecule has 2 atom stereocenters. The Balaban J connectivity index is 2.42. The van der Waals surface area contributed by atoms with Gasteiger partial charge in [-0.25, -0.2) is 4.79 Å². The number of rotatable bonds is 1. The summed E-state index contributed by atoms with van der Waals surface area (Å²) in [6, 6.07) is -0.354. The van der Waals surface area contributed by atoms with Gasteiger partial charge in [0.05, 0.1) is 0 Å². The lowest BCUT2D eigenvalue weighted by Crippen LogP contribution is -2.42. The van der Waals surface area contributed by atoms with Crippen LogP contribution in [0.4, 0.5) is 4.79 Å². The molecule has 0 aromatic heterocycles. The first-order chi connectivity index (χ1) is 6.78. The third kappa shape index (κ3) is 3.77. The fourth-order valence-corrected chi connectivity index (χ4v) is 1.44. The van der Waals surface area contributed by atoms with Crippen molar-refractivity contribution >= 4 is 12.0 Å². The van der Waals surface area contributed by atoms with Gasteiger partial charge in [0.15, 0.2) is 0 Å². The molecule has 15 heavy (non-hydrogen) atoms. The van der Waals surface area contributed by atoms with Crippen molar-refractivity contribution in [3.8, 4) is 0 Å². The second kappa shape index (κ2) is 4.08. The molecule has 0 aliphatic carbocycles. The number of carbonyl (C=O) groups excluding carboxylic acids is 2.